The van der Waals surface area contributed by atoms with E-state index in [1.165, 1.54) is 43.4 Å². The van der Waals surface area contributed by atoms with E-state index in [9.17, 15) is 0 Å². The maximum absolute atomic E-state index is 3.99. The summed E-state index contributed by atoms with van der Waals surface area (Å²) in [5.74, 6) is 0.908. The first-order chi connectivity index (χ1) is 9.85. The zero-order valence-electron chi connectivity index (χ0n) is 12.1. The fourth-order valence-corrected chi connectivity index (χ4v) is 3.19. The van der Waals surface area contributed by atoms with Gasteiger partial charge in [-0.15, -0.1) is 0 Å². The first-order valence-electron chi connectivity index (χ1n) is 7.71. The second-order valence-corrected chi connectivity index (χ2v) is 5.83. The Morgan fingerprint density at radius 2 is 2.05 bits per heavy atom. The standard InChI is InChI=1S/C17H23N3/c1-2-13-4-3-5-16(12-13)19-15-8-6-14(7-9-15)17-10-11-18-20-17/h6-11,13,16,19H,2-5,12H2,1H3,(H,18,20). The molecule has 1 aliphatic carbocycles. The molecule has 0 saturated heterocycles. The molecule has 1 saturated carbocycles. The van der Waals surface area contributed by atoms with Crippen molar-refractivity contribution in [3.63, 3.8) is 0 Å². The van der Waals surface area contributed by atoms with Gasteiger partial charge in [-0.05, 0) is 42.5 Å². The SMILES string of the molecule is CCC1CCCC(Nc2ccc(-c3ccn[nH]3)cc2)C1. The van der Waals surface area contributed by atoms with Crippen molar-refractivity contribution in [2.45, 2.75) is 45.1 Å². The van der Waals surface area contributed by atoms with E-state index in [4.69, 9.17) is 0 Å². The minimum Gasteiger partial charge on any atom is -0.382 e. The van der Waals surface area contributed by atoms with Crippen LogP contribution in [0.4, 0.5) is 5.69 Å². The largest absolute Gasteiger partial charge is 0.382 e. The van der Waals surface area contributed by atoms with E-state index in [2.05, 4.69) is 46.7 Å². The molecule has 1 heterocycles. The normalized spacial score (nSPS) is 22.6. The minimum absolute atomic E-state index is 0.645. The first-order valence-corrected chi connectivity index (χ1v) is 7.71. The summed E-state index contributed by atoms with van der Waals surface area (Å²) in [6.07, 6.45) is 8.50. The maximum Gasteiger partial charge on any atom is 0.0650 e. The third kappa shape index (κ3) is 3.03. The number of aromatic nitrogens is 2. The molecular weight excluding hydrogens is 246 g/mol. The Bertz CT molecular complexity index is 516. The van der Waals surface area contributed by atoms with Gasteiger partial charge in [0.1, 0.15) is 0 Å². The van der Waals surface area contributed by atoms with Gasteiger partial charge in [0.05, 0.1) is 5.69 Å². The van der Waals surface area contributed by atoms with Crippen LogP contribution in [0.15, 0.2) is 36.5 Å². The zero-order chi connectivity index (χ0) is 13.8. The van der Waals surface area contributed by atoms with Crippen LogP contribution in [0.25, 0.3) is 11.3 Å². The average molecular weight is 269 g/mol. The number of H-pyrrole nitrogens is 1. The predicted molar refractivity (Wildman–Crippen MR) is 83.7 cm³/mol. The molecule has 1 aliphatic rings. The van der Waals surface area contributed by atoms with Crippen molar-refractivity contribution < 1.29 is 0 Å². The zero-order valence-corrected chi connectivity index (χ0v) is 12.1. The lowest BCUT2D eigenvalue weighted by Gasteiger charge is -2.29. The van der Waals surface area contributed by atoms with Crippen molar-refractivity contribution >= 4 is 5.69 Å². The van der Waals surface area contributed by atoms with Crippen molar-refractivity contribution in [2.75, 3.05) is 5.32 Å². The number of benzene rings is 1. The molecule has 2 unspecified atom stereocenters. The molecule has 1 aromatic carbocycles. The highest BCUT2D eigenvalue weighted by molar-refractivity contribution is 5.62. The van der Waals surface area contributed by atoms with E-state index in [1.807, 2.05) is 6.07 Å². The van der Waals surface area contributed by atoms with Gasteiger partial charge in [-0.1, -0.05) is 38.3 Å². The summed E-state index contributed by atoms with van der Waals surface area (Å²) in [6.45, 7) is 2.31. The van der Waals surface area contributed by atoms with E-state index in [-0.39, 0.29) is 0 Å². The van der Waals surface area contributed by atoms with Crippen LogP contribution in [-0.2, 0) is 0 Å². The van der Waals surface area contributed by atoms with Crippen LogP contribution < -0.4 is 5.32 Å². The van der Waals surface area contributed by atoms with Crippen molar-refractivity contribution in [3.05, 3.63) is 36.5 Å². The Morgan fingerprint density at radius 1 is 1.20 bits per heavy atom. The number of rotatable bonds is 4. The van der Waals surface area contributed by atoms with E-state index in [0.717, 1.165) is 11.6 Å². The second-order valence-electron chi connectivity index (χ2n) is 5.83. The number of nitrogens with zero attached hydrogens (tertiary/aromatic N) is 1. The molecule has 0 aliphatic heterocycles. The maximum atomic E-state index is 3.99. The molecule has 20 heavy (non-hydrogen) atoms. The summed E-state index contributed by atoms with van der Waals surface area (Å²) >= 11 is 0. The lowest BCUT2D eigenvalue weighted by Crippen LogP contribution is -2.26. The topological polar surface area (TPSA) is 40.7 Å². The second kappa shape index (κ2) is 6.12. The van der Waals surface area contributed by atoms with Gasteiger partial charge >= 0.3 is 0 Å². The van der Waals surface area contributed by atoms with Crippen LogP contribution in [0, 0.1) is 5.92 Å². The Kier molecular flexibility index (Phi) is 4.05. The van der Waals surface area contributed by atoms with Gasteiger partial charge in [-0.25, -0.2) is 0 Å². The molecule has 3 nitrogen and oxygen atoms in total. The molecule has 3 rings (SSSR count). The van der Waals surface area contributed by atoms with Gasteiger partial charge in [0.2, 0.25) is 0 Å². The Hall–Kier alpha value is -1.77. The number of hydrogen-bond acceptors (Lipinski definition) is 2. The van der Waals surface area contributed by atoms with Crippen molar-refractivity contribution in [3.8, 4) is 11.3 Å². The molecule has 1 aromatic heterocycles. The average Bonchev–Trinajstić information content (AvgIpc) is 3.02. The molecule has 0 radical (unpaired) electrons. The van der Waals surface area contributed by atoms with Gasteiger partial charge in [0, 0.05) is 17.9 Å². The van der Waals surface area contributed by atoms with Gasteiger partial charge in [-0.3, -0.25) is 5.10 Å². The van der Waals surface area contributed by atoms with Crippen LogP contribution in [0.1, 0.15) is 39.0 Å². The summed E-state index contributed by atoms with van der Waals surface area (Å²) < 4.78 is 0. The van der Waals surface area contributed by atoms with Crippen molar-refractivity contribution in [2.24, 2.45) is 5.92 Å². The summed E-state index contributed by atoms with van der Waals surface area (Å²) in [7, 11) is 0. The van der Waals surface area contributed by atoms with Gasteiger partial charge in [0.15, 0.2) is 0 Å². The highest BCUT2D eigenvalue weighted by atomic mass is 15.1. The molecule has 0 bridgehead atoms. The van der Waals surface area contributed by atoms with Crippen LogP contribution in [0.3, 0.4) is 0 Å². The van der Waals surface area contributed by atoms with Gasteiger partial charge in [0.25, 0.3) is 0 Å². The number of anilines is 1. The van der Waals surface area contributed by atoms with Gasteiger partial charge in [-0.2, -0.15) is 5.10 Å². The van der Waals surface area contributed by atoms with Crippen LogP contribution in [-0.4, -0.2) is 16.2 Å². The third-order valence-electron chi connectivity index (χ3n) is 4.43. The summed E-state index contributed by atoms with van der Waals surface area (Å²) in [4.78, 5) is 0. The summed E-state index contributed by atoms with van der Waals surface area (Å²) in [6, 6.07) is 11.3. The number of nitrogens with one attached hydrogen (secondary N) is 2. The molecule has 1 fully saturated rings. The van der Waals surface area contributed by atoms with E-state index >= 15 is 0 Å². The van der Waals surface area contributed by atoms with Crippen molar-refractivity contribution in [1.29, 1.82) is 0 Å². The van der Waals surface area contributed by atoms with Crippen LogP contribution >= 0.6 is 0 Å². The Morgan fingerprint density at radius 3 is 2.75 bits per heavy atom. The lowest BCUT2D eigenvalue weighted by molar-refractivity contribution is 0.327. The fourth-order valence-electron chi connectivity index (χ4n) is 3.19. The molecule has 0 amide bonds. The monoisotopic (exact) mass is 269 g/mol. The highest BCUT2D eigenvalue weighted by Crippen LogP contribution is 2.29. The summed E-state index contributed by atoms with van der Waals surface area (Å²) in [5, 5.41) is 10.7. The van der Waals surface area contributed by atoms with E-state index in [1.54, 1.807) is 6.20 Å². The van der Waals surface area contributed by atoms with E-state index < -0.39 is 0 Å². The molecule has 2 atom stereocenters. The first kappa shape index (κ1) is 13.2. The van der Waals surface area contributed by atoms with Crippen LogP contribution in [0.2, 0.25) is 0 Å². The Labute approximate surface area is 120 Å². The minimum atomic E-state index is 0.645. The molecule has 2 aromatic rings. The van der Waals surface area contributed by atoms with Gasteiger partial charge < -0.3 is 5.32 Å². The third-order valence-corrected chi connectivity index (χ3v) is 4.43. The molecule has 106 valence electrons. The van der Waals surface area contributed by atoms with E-state index in [0.29, 0.717) is 6.04 Å². The quantitative estimate of drug-likeness (QED) is 0.860. The van der Waals surface area contributed by atoms with Crippen molar-refractivity contribution in [1.82, 2.24) is 10.2 Å². The Balaban J connectivity index is 1.63. The molecule has 2 N–H and O–H groups in total. The number of aromatic amines is 1. The molecule has 3 heteroatoms. The summed E-state index contributed by atoms with van der Waals surface area (Å²) in [5.41, 5.74) is 3.48. The predicted octanol–water partition coefficient (Wildman–Crippen LogP) is 4.46. The fraction of sp³-hybridized carbons (Fsp3) is 0.471. The highest BCUT2D eigenvalue weighted by Gasteiger charge is 2.20. The number of hydrogen-bond donors (Lipinski definition) is 2. The molecule has 0 spiro atoms. The van der Waals surface area contributed by atoms with Crippen LogP contribution in [0.5, 0.6) is 0 Å². The molecular formula is C17H23N3. The lowest BCUT2D eigenvalue weighted by atomic mass is 9.84. The smallest absolute Gasteiger partial charge is 0.0650 e.